The second kappa shape index (κ2) is 78.2. The Morgan fingerprint density at radius 2 is 0.591 bits per heavy atom. The van der Waals surface area contributed by atoms with E-state index in [-0.39, 0.29) is 38.6 Å². The zero-order chi connectivity index (χ0) is 67.2. The lowest BCUT2D eigenvalue weighted by Gasteiger charge is -2.19. The van der Waals surface area contributed by atoms with Crippen molar-refractivity contribution < 1.29 is 37.6 Å². The molecule has 0 spiro atoms. The van der Waals surface area contributed by atoms with Crippen LogP contribution in [0.2, 0.25) is 0 Å². The summed E-state index contributed by atoms with van der Waals surface area (Å²) in [7, 11) is -4.40. The number of nitrogens with two attached hydrogens (primary N) is 1. The third kappa shape index (κ3) is 78.1. The molecule has 0 fully saturated rings. The number of rotatable bonds is 76. The van der Waals surface area contributed by atoms with E-state index < -0.39 is 26.5 Å². The molecule has 0 aromatic carbocycles. The zero-order valence-corrected chi connectivity index (χ0v) is 62.1. The van der Waals surface area contributed by atoms with E-state index in [1.165, 1.54) is 289 Å². The maximum absolute atomic E-state index is 12.8. The molecule has 0 radical (unpaired) electrons. The Balaban J connectivity index is 3.76. The number of allylic oxidation sites excluding steroid dienone is 14. The van der Waals surface area contributed by atoms with Crippen molar-refractivity contribution in [3.8, 4) is 0 Å². The molecule has 0 saturated carbocycles. The van der Waals surface area contributed by atoms with Gasteiger partial charge in [-0.3, -0.25) is 18.6 Å². The summed E-state index contributed by atoms with van der Waals surface area (Å²) in [5.41, 5.74) is 5.42. The molecule has 542 valence electrons. The van der Waals surface area contributed by atoms with Crippen LogP contribution in [0, 0.1) is 0 Å². The van der Waals surface area contributed by atoms with Crippen molar-refractivity contribution in [1.82, 2.24) is 0 Å². The smallest absolute Gasteiger partial charge is 0.462 e. The third-order valence-electron chi connectivity index (χ3n) is 17.8. The van der Waals surface area contributed by atoms with Gasteiger partial charge in [0.1, 0.15) is 6.61 Å². The number of carbonyl (C=O) groups excluding carboxylic acids is 2. The first-order chi connectivity index (χ1) is 45.8. The largest absolute Gasteiger partial charge is 0.472 e. The fourth-order valence-corrected chi connectivity index (χ4v) is 12.6. The minimum absolute atomic E-state index is 0.0537. The van der Waals surface area contributed by atoms with Crippen molar-refractivity contribution in [2.75, 3.05) is 26.4 Å². The van der Waals surface area contributed by atoms with E-state index in [2.05, 4.69) is 98.9 Å². The lowest BCUT2D eigenvalue weighted by atomic mass is 10.0. The number of carbonyl (C=O) groups is 2. The molecule has 0 aliphatic heterocycles. The number of phosphoric ester groups is 1. The van der Waals surface area contributed by atoms with Crippen LogP contribution in [0.5, 0.6) is 0 Å². The van der Waals surface area contributed by atoms with Gasteiger partial charge in [-0.1, -0.05) is 381 Å². The molecule has 2 unspecified atom stereocenters. The number of phosphoric acid groups is 1. The van der Waals surface area contributed by atoms with Crippen LogP contribution in [-0.4, -0.2) is 49.3 Å². The third-order valence-corrected chi connectivity index (χ3v) is 18.7. The molecule has 0 rings (SSSR count). The van der Waals surface area contributed by atoms with Gasteiger partial charge < -0.3 is 20.1 Å². The van der Waals surface area contributed by atoms with Crippen molar-refractivity contribution in [2.24, 2.45) is 5.73 Å². The maximum Gasteiger partial charge on any atom is 0.472 e. The van der Waals surface area contributed by atoms with Crippen LogP contribution in [0.15, 0.2) is 85.1 Å². The Labute approximate surface area is 576 Å². The van der Waals surface area contributed by atoms with Crippen molar-refractivity contribution >= 4 is 19.8 Å². The van der Waals surface area contributed by atoms with Gasteiger partial charge in [-0.15, -0.1) is 0 Å². The molecule has 0 bridgehead atoms. The van der Waals surface area contributed by atoms with Crippen molar-refractivity contribution in [3.63, 3.8) is 0 Å². The first kappa shape index (κ1) is 90.2. The highest BCUT2D eigenvalue weighted by Crippen LogP contribution is 2.43. The van der Waals surface area contributed by atoms with Gasteiger partial charge in [0.25, 0.3) is 0 Å². The molecule has 0 aliphatic rings. The molecule has 10 heteroatoms. The summed E-state index contributed by atoms with van der Waals surface area (Å²) in [6.07, 6.45) is 106. The van der Waals surface area contributed by atoms with E-state index >= 15 is 0 Å². The Morgan fingerprint density at radius 3 is 0.882 bits per heavy atom. The average Bonchev–Trinajstić information content (AvgIpc) is 3.32. The standard InChI is InChI=1S/C83H152NO8P/c1-3-5-7-9-11-13-15-17-19-21-23-25-27-29-31-33-35-37-38-39-40-41-42-44-45-47-49-51-53-55-57-59-61-63-65-67-69-71-73-75-82(85)89-79-81(80-91-93(87,88)90-78-77-84)92-83(86)76-74-72-70-68-66-64-62-60-58-56-54-52-50-48-46-43-36-34-32-30-28-26-24-22-20-18-16-14-12-10-8-6-4-2/h6,8,12,14-15,17-18,20-21,23-24,26,30,32,81H,3-5,7,9-11,13,16,19,22,25,27-29,31,33-80,84H2,1-2H3,(H,87,88)/b8-6-,14-12-,17-15-,20-18-,23-21-,26-24-,32-30-. The van der Waals surface area contributed by atoms with E-state index in [0.717, 1.165) is 77.0 Å². The second-order valence-electron chi connectivity index (χ2n) is 26.9. The molecule has 2 atom stereocenters. The number of hydrogen-bond acceptors (Lipinski definition) is 8. The van der Waals surface area contributed by atoms with Crippen LogP contribution in [0.3, 0.4) is 0 Å². The molecule has 0 amide bonds. The first-order valence-corrected chi connectivity index (χ1v) is 41.6. The average molecular weight is 1320 g/mol. The number of ether oxygens (including phenoxy) is 2. The summed E-state index contributed by atoms with van der Waals surface area (Å²) in [5, 5.41) is 0. The Kier molecular flexibility index (Phi) is 75.8. The molecule has 0 aromatic rings. The molecule has 0 aromatic heterocycles. The topological polar surface area (TPSA) is 134 Å². The highest BCUT2D eigenvalue weighted by atomic mass is 31.2. The van der Waals surface area contributed by atoms with Gasteiger partial charge in [-0.05, 0) is 89.9 Å². The van der Waals surface area contributed by atoms with Crippen molar-refractivity contribution in [2.45, 2.75) is 405 Å². The molecule has 93 heavy (non-hydrogen) atoms. The molecule has 9 nitrogen and oxygen atoms in total. The number of hydrogen-bond donors (Lipinski definition) is 2. The fourth-order valence-electron chi connectivity index (χ4n) is 11.9. The van der Waals surface area contributed by atoms with Crippen LogP contribution >= 0.6 is 7.82 Å². The summed E-state index contributed by atoms with van der Waals surface area (Å²) >= 11 is 0. The summed E-state index contributed by atoms with van der Waals surface area (Å²) < 4.78 is 33.3. The molecule has 0 aliphatic carbocycles. The minimum Gasteiger partial charge on any atom is -0.462 e. The monoisotopic (exact) mass is 1320 g/mol. The van der Waals surface area contributed by atoms with Crippen LogP contribution in [0.1, 0.15) is 399 Å². The van der Waals surface area contributed by atoms with Gasteiger partial charge in [0.2, 0.25) is 0 Å². The minimum atomic E-state index is -4.40. The first-order valence-electron chi connectivity index (χ1n) is 40.1. The predicted octanol–water partition coefficient (Wildman–Crippen LogP) is 26.9. The lowest BCUT2D eigenvalue weighted by molar-refractivity contribution is -0.161. The van der Waals surface area contributed by atoms with Gasteiger partial charge in [0.05, 0.1) is 13.2 Å². The zero-order valence-electron chi connectivity index (χ0n) is 61.2. The normalized spacial score (nSPS) is 13.3. The fraction of sp³-hybridized carbons (Fsp3) is 0.807. The summed E-state index contributed by atoms with van der Waals surface area (Å²) in [5.74, 6) is -0.808. The molecular formula is C83H152NO8P. The maximum atomic E-state index is 12.8. The Morgan fingerprint density at radius 1 is 0.333 bits per heavy atom. The number of unbranched alkanes of at least 4 members (excludes halogenated alkanes) is 49. The lowest BCUT2D eigenvalue weighted by Crippen LogP contribution is -2.29. The second-order valence-corrected chi connectivity index (χ2v) is 28.4. The highest BCUT2D eigenvalue weighted by Gasteiger charge is 2.26. The molecule has 0 saturated heterocycles. The van der Waals surface area contributed by atoms with Crippen LogP contribution in [0.25, 0.3) is 0 Å². The van der Waals surface area contributed by atoms with Gasteiger partial charge in [-0.25, -0.2) is 4.57 Å². The van der Waals surface area contributed by atoms with E-state index in [1.54, 1.807) is 0 Å². The Bertz CT molecular complexity index is 1810. The summed E-state index contributed by atoms with van der Waals surface area (Å²) in [6.45, 7) is 3.68. The quantitative estimate of drug-likeness (QED) is 0.0264. The van der Waals surface area contributed by atoms with Crippen molar-refractivity contribution in [1.29, 1.82) is 0 Å². The van der Waals surface area contributed by atoms with Gasteiger partial charge in [0, 0.05) is 19.4 Å². The van der Waals surface area contributed by atoms with Crippen molar-refractivity contribution in [3.05, 3.63) is 85.1 Å². The highest BCUT2D eigenvalue weighted by molar-refractivity contribution is 7.47. The summed E-state index contributed by atoms with van der Waals surface area (Å²) in [4.78, 5) is 35.5. The van der Waals surface area contributed by atoms with E-state index in [4.69, 9.17) is 24.3 Å². The van der Waals surface area contributed by atoms with Crippen LogP contribution in [0.4, 0.5) is 0 Å². The molecule has 3 N–H and O–H groups in total. The van der Waals surface area contributed by atoms with E-state index in [0.29, 0.717) is 6.42 Å². The van der Waals surface area contributed by atoms with Gasteiger partial charge in [0.15, 0.2) is 6.10 Å². The SMILES string of the molecule is CC/C=C\C/C=C\C/C=C\C/C=C\C/C=C\CCCCCCCCCCCCCCCCCCCC(=O)OC(COC(=O)CCCCCCCCCCCCCCCCCCCCCCCCCCCCC/C=C\C/C=C\CCCCCCC)COP(=O)(O)OCCN. The Hall–Kier alpha value is -2.81. The molecule has 0 heterocycles. The van der Waals surface area contributed by atoms with E-state index in [1.807, 2.05) is 0 Å². The van der Waals surface area contributed by atoms with Crippen LogP contribution < -0.4 is 5.73 Å². The predicted molar refractivity (Wildman–Crippen MR) is 404 cm³/mol. The number of esters is 2. The summed E-state index contributed by atoms with van der Waals surface area (Å²) in [6, 6.07) is 0. The van der Waals surface area contributed by atoms with Gasteiger partial charge in [-0.2, -0.15) is 0 Å². The van der Waals surface area contributed by atoms with E-state index in [9.17, 15) is 19.0 Å². The van der Waals surface area contributed by atoms with Gasteiger partial charge >= 0.3 is 19.8 Å². The molecular weight excluding hydrogens is 1170 g/mol. The van der Waals surface area contributed by atoms with Crippen LogP contribution in [-0.2, 0) is 32.7 Å².